The number of aryl methyl sites for hydroxylation is 3. The van der Waals surface area contributed by atoms with Crippen LogP contribution in [-0.4, -0.2) is 34.1 Å². The number of nitrogens with zero attached hydrogens (tertiary/aromatic N) is 4. The van der Waals surface area contributed by atoms with Gasteiger partial charge < -0.3 is 19.2 Å². The van der Waals surface area contributed by atoms with Gasteiger partial charge in [0.05, 0.1) is 18.2 Å². The van der Waals surface area contributed by atoms with Gasteiger partial charge in [0.2, 0.25) is 5.91 Å². The molecule has 1 unspecified atom stereocenters. The first-order valence-corrected chi connectivity index (χ1v) is 9.20. The zero-order chi connectivity index (χ0) is 19.0. The van der Waals surface area contributed by atoms with Crippen molar-refractivity contribution >= 4 is 22.8 Å². The third kappa shape index (κ3) is 3.51. The van der Waals surface area contributed by atoms with Gasteiger partial charge >= 0.3 is 0 Å². The van der Waals surface area contributed by atoms with Crippen LogP contribution in [0.3, 0.4) is 0 Å². The van der Waals surface area contributed by atoms with Crippen LogP contribution in [0.5, 0.6) is 0 Å². The number of anilines is 1. The Morgan fingerprint density at radius 3 is 2.93 bits per heavy atom. The molecule has 1 N–H and O–H groups in total. The summed E-state index contributed by atoms with van der Waals surface area (Å²) in [4.78, 5) is 23.7. The smallest absolute Gasteiger partial charge is 0.263 e. The Morgan fingerprint density at radius 2 is 2.15 bits per heavy atom. The van der Waals surface area contributed by atoms with Crippen molar-refractivity contribution in [2.24, 2.45) is 5.92 Å². The van der Waals surface area contributed by atoms with Gasteiger partial charge in [-0.1, -0.05) is 5.16 Å². The zero-order valence-electron chi connectivity index (χ0n) is 15.8. The Balaban J connectivity index is 1.49. The molecular weight excluding hydrogens is 346 g/mol. The summed E-state index contributed by atoms with van der Waals surface area (Å²) in [6.45, 7) is 7.47. The van der Waals surface area contributed by atoms with E-state index in [9.17, 15) is 4.79 Å². The highest BCUT2D eigenvalue weighted by Gasteiger charge is 2.29. The molecule has 1 amide bonds. The van der Waals surface area contributed by atoms with Crippen LogP contribution in [-0.2, 0) is 11.3 Å². The molecule has 8 nitrogen and oxygen atoms in total. The Bertz CT molecular complexity index is 977. The average molecular weight is 369 g/mol. The highest BCUT2D eigenvalue weighted by Crippen LogP contribution is 2.30. The number of hydrogen-bond donors (Lipinski definition) is 1. The molecule has 27 heavy (non-hydrogen) atoms. The minimum atomic E-state index is -0.0969. The normalized spacial score (nSPS) is 17.4. The quantitative estimate of drug-likeness (QED) is 0.755. The summed E-state index contributed by atoms with van der Waals surface area (Å²) >= 11 is 0. The van der Waals surface area contributed by atoms with Gasteiger partial charge in [-0.05, 0) is 45.7 Å². The van der Waals surface area contributed by atoms with E-state index in [0.717, 1.165) is 47.8 Å². The molecule has 1 aliphatic heterocycles. The SMILES string of the molecule is Cc1nc(N2CCCC(C(=O)NCc3ccc(C)o3)C2)c2c(C)noc2n1. The lowest BCUT2D eigenvalue weighted by Crippen LogP contribution is -2.43. The summed E-state index contributed by atoms with van der Waals surface area (Å²) in [6.07, 6.45) is 1.78. The predicted molar refractivity (Wildman–Crippen MR) is 99.3 cm³/mol. The first-order chi connectivity index (χ1) is 13.0. The van der Waals surface area contributed by atoms with E-state index in [1.165, 1.54) is 0 Å². The lowest BCUT2D eigenvalue weighted by Gasteiger charge is -2.33. The van der Waals surface area contributed by atoms with Crippen molar-refractivity contribution in [2.45, 2.75) is 40.2 Å². The van der Waals surface area contributed by atoms with E-state index in [1.807, 2.05) is 32.9 Å². The summed E-state index contributed by atoms with van der Waals surface area (Å²) in [5.41, 5.74) is 1.26. The summed E-state index contributed by atoms with van der Waals surface area (Å²) in [7, 11) is 0. The number of furan rings is 1. The van der Waals surface area contributed by atoms with Gasteiger partial charge in [0.25, 0.3) is 5.71 Å². The number of amides is 1. The first kappa shape index (κ1) is 17.5. The van der Waals surface area contributed by atoms with Crippen molar-refractivity contribution in [2.75, 3.05) is 18.0 Å². The Kier molecular flexibility index (Phi) is 4.55. The van der Waals surface area contributed by atoms with Crippen molar-refractivity contribution in [1.82, 2.24) is 20.4 Å². The van der Waals surface area contributed by atoms with E-state index in [-0.39, 0.29) is 11.8 Å². The van der Waals surface area contributed by atoms with E-state index >= 15 is 0 Å². The second-order valence-corrected chi connectivity index (χ2v) is 7.06. The lowest BCUT2D eigenvalue weighted by molar-refractivity contribution is -0.125. The number of carbonyl (C=O) groups is 1. The van der Waals surface area contributed by atoms with Crippen LogP contribution in [0.2, 0.25) is 0 Å². The zero-order valence-corrected chi connectivity index (χ0v) is 15.8. The van der Waals surface area contributed by atoms with Crippen molar-refractivity contribution in [3.8, 4) is 0 Å². The summed E-state index contributed by atoms with van der Waals surface area (Å²) in [6, 6.07) is 3.78. The topological polar surface area (TPSA) is 97.3 Å². The molecule has 0 radical (unpaired) electrons. The van der Waals surface area contributed by atoms with E-state index in [4.69, 9.17) is 8.94 Å². The molecule has 1 aliphatic rings. The van der Waals surface area contributed by atoms with Gasteiger partial charge in [0.15, 0.2) is 0 Å². The van der Waals surface area contributed by atoms with Gasteiger partial charge in [-0.15, -0.1) is 0 Å². The Morgan fingerprint density at radius 1 is 1.30 bits per heavy atom. The second-order valence-electron chi connectivity index (χ2n) is 7.06. The summed E-state index contributed by atoms with van der Waals surface area (Å²) in [5.74, 6) is 2.99. The fraction of sp³-hybridized carbons (Fsp3) is 0.474. The number of rotatable bonds is 4. The molecule has 1 saturated heterocycles. The maximum absolute atomic E-state index is 12.7. The van der Waals surface area contributed by atoms with Gasteiger partial charge in [-0.25, -0.2) is 4.98 Å². The maximum atomic E-state index is 12.7. The van der Waals surface area contributed by atoms with Crippen LogP contribution in [0.25, 0.3) is 11.1 Å². The number of fused-ring (bicyclic) bond motifs is 1. The number of piperidine rings is 1. The van der Waals surface area contributed by atoms with Gasteiger partial charge in [-0.3, -0.25) is 4.79 Å². The minimum Gasteiger partial charge on any atom is -0.465 e. The number of aromatic nitrogens is 3. The number of hydrogen-bond acceptors (Lipinski definition) is 7. The Hall–Kier alpha value is -2.90. The van der Waals surface area contributed by atoms with E-state index in [2.05, 4.69) is 25.3 Å². The van der Waals surface area contributed by atoms with Crippen molar-refractivity contribution in [3.05, 3.63) is 35.2 Å². The fourth-order valence-electron chi connectivity index (χ4n) is 3.58. The molecule has 0 bridgehead atoms. The van der Waals surface area contributed by atoms with Crippen LogP contribution < -0.4 is 10.2 Å². The van der Waals surface area contributed by atoms with Crippen molar-refractivity contribution in [1.29, 1.82) is 0 Å². The lowest BCUT2D eigenvalue weighted by atomic mass is 9.97. The standard InChI is InChI=1S/C19H23N5O3/c1-11-6-7-15(26-11)9-20-18(25)14-5-4-8-24(10-14)17-16-12(2)23-27-19(16)22-13(3)21-17/h6-7,14H,4-5,8-10H2,1-3H3,(H,20,25). The van der Waals surface area contributed by atoms with Crippen molar-refractivity contribution in [3.63, 3.8) is 0 Å². The van der Waals surface area contributed by atoms with Crippen LogP contribution in [0.4, 0.5) is 5.82 Å². The maximum Gasteiger partial charge on any atom is 0.263 e. The molecule has 1 atom stereocenters. The molecule has 8 heteroatoms. The van der Waals surface area contributed by atoms with E-state index in [1.54, 1.807) is 0 Å². The third-order valence-electron chi connectivity index (χ3n) is 4.92. The highest BCUT2D eigenvalue weighted by molar-refractivity contribution is 5.88. The molecule has 0 aliphatic carbocycles. The molecular formula is C19H23N5O3. The van der Waals surface area contributed by atoms with Crippen LogP contribution in [0.15, 0.2) is 21.1 Å². The molecule has 1 fully saturated rings. The molecule has 0 saturated carbocycles. The predicted octanol–water partition coefficient (Wildman–Crippen LogP) is 2.67. The van der Waals surface area contributed by atoms with Gasteiger partial charge in [0, 0.05) is 13.1 Å². The molecule has 142 valence electrons. The molecule has 0 spiro atoms. The second kappa shape index (κ2) is 7.02. The number of carbonyl (C=O) groups excluding carboxylic acids is 1. The van der Waals surface area contributed by atoms with Crippen LogP contribution >= 0.6 is 0 Å². The Labute approximate surface area is 156 Å². The minimum absolute atomic E-state index is 0.0396. The first-order valence-electron chi connectivity index (χ1n) is 9.20. The largest absolute Gasteiger partial charge is 0.465 e. The fourth-order valence-corrected chi connectivity index (χ4v) is 3.58. The van der Waals surface area contributed by atoms with E-state index in [0.29, 0.717) is 24.6 Å². The third-order valence-corrected chi connectivity index (χ3v) is 4.92. The van der Waals surface area contributed by atoms with E-state index < -0.39 is 0 Å². The molecule has 3 aromatic heterocycles. The van der Waals surface area contributed by atoms with Crippen molar-refractivity contribution < 1.29 is 13.7 Å². The molecule has 4 heterocycles. The molecule has 3 aromatic rings. The summed E-state index contributed by atoms with van der Waals surface area (Å²) in [5, 5.41) is 7.83. The summed E-state index contributed by atoms with van der Waals surface area (Å²) < 4.78 is 10.8. The number of nitrogens with one attached hydrogen (secondary N) is 1. The molecule has 4 rings (SSSR count). The van der Waals surface area contributed by atoms with Gasteiger partial charge in [0.1, 0.15) is 28.5 Å². The van der Waals surface area contributed by atoms with Gasteiger partial charge in [-0.2, -0.15) is 4.98 Å². The van der Waals surface area contributed by atoms with Crippen LogP contribution in [0, 0.1) is 26.7 Å². The highest BCUT2D eigenvalue weighted by atomic mass is 16.5. The average Bonchev–Trinajstić information content (AvgIpc) is 3.25. The van der Waals surface area contributed by atoms with Crippen LogP contribution in [0.1, 0.15) is 35.9 Å². The molecule has 0 aromatic carbocycles. The monoisotopic (exact) mass is 369 g/mol.